The number of ketones is 1. The van der Waals surface area contributed by atoms with E-state index in [1.54, 1.807) is 24.3 Å². The molecule has 7 heteroatoms. The van der Waals surface area contributed by atoms with Crippen LogP contribution in [0.25, 0.3) is 5.76 Å². The van der Waals surface area contributed by atoms with E-state index in [9.17, 15) is 19.1 Å². The van der Waals surface area contributed by atoms with Crippen LogP contribution in [0.2, 0.25) is 0 Å². The third kappa shape index (κ3) is 4.78. The molecule has 1 atom stereocenters. The highest BCUT2D eigenvalue weighted by atomic mass is 19.1. The van der Waals surface area contributed by atoms with Gasteiger partial charge in [0.2, 0.25) is 0 Å². The number of methoxy groups -OCH3 is 1. The fourth-order valence-corrected chi connectivity index (χ4v) is 4.02. The molecule has 2 aromatic rings. The molecular weight excluding hydrogens is 425 g/mol. The summed E-state index contributed by atoms with van der Waals surface area (Å²) >= 11 is 0. The first-order chi connectivity index (χ1) is 15.6. The van der Waals surface area contributed by atoms with Gasteiger partial charge < -0.3 is 19.5 Å². The van der Waals surface area contributed by atoms with Gasteiger partial charge in [0.15, 0.2) is 0 Å². The summed E-state index contributed by atoms with van der Waals surface area (Å²) in [6.45, 7) is 8.64. The molecule has 1 N–H and O–H groups in total. The maximum atomic E-state index is 14.8. The summed E-state index contributed by atoms with van der Waals surface area (Å²) in [5, 5.41) is 11.3. The molecule has 1 fully saturated rings. The number of carbonyl (C=O) groups is 2. The van der Waals surface area contributed by atoms with Crippen LogP contribution >= 0.6 is 0 Å². The van der Waals surface area contributed by atoms with Crippen LogP contribution in [0.5, 0.6) is 5.75 Å². The van der Waals surface area contributed by atoms with Crippen molar-refractivity contribution in [3.63, 3.8) is 0 Å². The molecule has 1 heterocycles. The fraction of sp³-hybridized carbons (Fsp3) is 0.385. The molecule has 0 aliphatic carbocycles. The molecule has 33 heavy (non-hydrogen) atoms. The first-order valence-corrected chi connectivity index (χ1v) is 10.9. The van der Waals surface area contributed by atoms with Gasteiger partial charge in [0, 0.05) is 30.3 Å². The molecule has 2 aromatic carbocycles. The molecule has 0 spiro atoms. The van der Waals surface area contributed by atoms with Crippen molar-refractivity contribution in [3.05, 3.63) is 70.5 Å². The van der Waals surface area contributed by atoms with E-state index in [2.05, 4.69) is 0 Å². The number of benzene rings is 2. The molecule has 3 rings (SSSR count). The predicted octanol–water partition coefficient (Wildman–Crippen LogP) is 4.59. The summed E-state index contributed by atoms with van der Waals surface area (Å²) in [5.41, 5.74) is 0.872. The van der Waals surface area contributed by atoms with Gasteiger partial charge in [-0.1, -0.05) is 39.0 Å². The van der Waals surface area contributed by atoms with Gasteiger partial charge in [0.1, 0.15) is 17.3 Å². The molecule has 0 saturated carbocycles. The normalized spacial score (nSPS) is 18.1. The van der Waals surface area contributed by atoms with Crippen molar-refractivity contribution >= 4 is 17.4 Å². The average Bonchev–Trinajstić information content (AvgIpc) is 3.02. The number of amides is 1. The number of aliphatic hydroxyl groups excluding tert-OH is 1. The highest BCUT2D eigenvalue weighted by Gasteiger charge is 2.46. The number of ether oxygens (including phenoxy) is 2. The molecule has 1 amide bonds. The van der Waals surface area contributed by atoms with E-state index in [0.29, 0.717) is 17.9 Å². The Morgan fingerprint density at radius 3 is 2.45 bits per heavy atom. The second-order valence-corrected chi connectivity index (χ2v) is 8.90. The van der Waals surface area contributed by atoms with E-state index in [1.165, 1.54) is 30.2 Å². The molecule has 176 valence electrons. The lowest BCUT2D eigenvalue weighted by Gasteiger charge is -2.26. The molecule has 1 saturated heterocycles. The lowest BCUT2D eigenvalue weighted by atomic mass is 9.84. The zero-order valence-electron chi connectivity index (χ0n) is 19.6. The van der Waals surface area contributed by atoms with Crippen LogP contribution in [0.4, 0.5) is 4.39 Å². The Kier molecular flexibility index (Phi) is 7.22. The molecule has 1 aliphatic rings. The van der Waals surface area contributed by atoms with Crippen LogP contribution in [-0.4, -0.2) is 48.6 Å². The topological polar surface area (TPSA) is 76.1 Å². The first-order valence-electron chi connectivity index (χ1n) is 10.9. The van der Waals surface area contributed by atoms with E-state index in [-0.39, 0.29) is 35.5 Å². The summed E-state index contributed by atoms with van der Waals surface area (Å²) in [7, 11) is 1.47. The Morgan fingerprint density at radius 2 is 1.85 bits per heavy atom. The van der Waals surface area contributed by atoms with Crippen molar-refractivity contribution in [1.82, 2.24) is 4.90 Å². The van der Waals surface area contributed by atoms with Gasteiger partial charge in [0.25, 0.3) is 11.7 Å². The molecule has 6 nitrogen and oxygen atoms in total. The predicted molar refractivity (Wildman–Crippen MR) is 124 cm³/mol. The summed E-state index contributed by atoms with van der Waals surface area (Å²) in [6.07, 6.45) is 0. The fourth-order valence-electron chi connectivity index (χ4n) is 4.02. The highest BCUT2D eigenvalue weighted by molar-refractivity contribution is 6.46. The summed E-state index contributed by atoms with van der Waals surface area (Å²) in [4.78, 5) is 27.1. The number of hydrogen-bond acceptors (Lipinski definition) is 5. The van der Waals surface area contributed by atoms with E-state index in [4.69, 9.17) is 9.47 Å². The number of aliphatic hydroxyl groups is 1. The van der Waals surface area contributed by atoms with Crippen molar-refractivity contribution in [3.8, 4) is 5.75 Å². The second-order valence-electron chi connectivity index (χ2n) is 8.90. The van der Waals surface area contributed by atoms with Gasteiger partial charge in [0.05, 0.1) is 24.8 Å². The quantitative estimate of drug-likeness (QED) is 0.375. The number of rotatable bonds is 7. The van der Waals surface area contributed by atoms with Crippen LogP contribution in [-0.2, 0) is 19.7 Å². The van der Waals surface area contributed by atoms with E-state index < -0.39 is 23.5 Å². The van der Waals surface area contributed by atoms with E-state index >= 15 is 0 Å². The van der Waals surface area contributed by atoms with E-state index in [0.717, 1.165) is 5.56 Å². The smallest absolute Gasteiger partial charge is 0.295 e. The van der Waals surface area contributed by atoms with Crippen LogP contribution in [0.3, 0.4) is 0 Å². The van der Waals surface area contributed by atoms with Gasteiger partial charge in [-0.15, -0.1) is 0 Å². The molecule has 0 aromatic heterocycles. The maximum Gasteiger partial charge on any atom is 0.295 e. The standard InChI is InChI=1S/C26H30FNO5/c1-6-33-20-12-11-16(15-18(20)26(2,3)4)23(29)21-22(17-9-7-8-10-19(17)27)28(13-14-32-5)25(31)24(21)30/h7-12,15,22,29H,6,13-14H2,1-5H3/b23-21+. The summed E-state index contributed by atoms with van der Waals surface area (Å²) in [5.74, 6) is -1.91. The van der Waals surface area contributed by atoms with Crippen molar-refractivity contribution in [2.75, 3.05) is 26.9 Å². The molecule has 1 aliphatic heterocycles. The third-order valence-corrected chi connectivity index (χ3v) is 5.64. The minimum absolute atomic E-state index is 0.0768. The first kappa shape index (κ1) is 24.5. The van der Waals surface area contributed by atoms with Crippen LogP contribution in [0, 0.1) is 5.82 Å². The summed E-state index contributed by atoms with van der Waals surface area (Å²) < 4.78 is 25.6. The van der Waals surface area contributed by atoms with Gasteiger partial charge >= 0.3 is 0 Å². The van der Waals surface area contributed by atoms with Gasteiger partial charge in [-0.3, -0.25) is 9.59 Å². The van der Waals surface area contributed by atoms with Crippen LogP contribution in [0.1, 0.15) is 50.4 Å². The third-order valence-electron chi connectivity index (χ3n) is 5.64. The van der Waals surface area contributed by atoms with Gasteiger partial charge in [-0.25, -0.2) is 4.39 Å². The number of carbonyl (C=O) groups excluding carboxylic acids is 2. The molecule has 0 bridgehead atoms. The number of nitrogens with zero attached hydrogens (tertiary/aromatic N) is 1. The van der Waals surface area contributed by atoms with Gasteiger partial charge in [-0.2, -0.15) is 0 Å². The Balaban J connectivity index is 2.22. The van der Waals surface area contributed by atoms with E-state index in [1.807, 2.05) is 27.7 Å². The molecular formula is C26H30FNO5. The largest absolute Gasteiger partial charge is 0.507 e. The SMILES string of the molecule is CCOc1ccc(/C(O)=C2\C(=O)C(=O)N(CCOC)C2c2ccccc2F)cc1C(C)(C)C. The molecule has 1 unspecified atom stereocenters. The Morgan fingerprint density at radius 1 is 1.15 bits per heavy atom. The zero-order chi connectivity index (χ0) is 24.3. The van der Waals surface area contributed by atoms with Crippen molar-refractivity contribution < 1.29 is 28.6 Å². The number of hydrogen-bond donors (Lipinski definition) is 1. The highest BCUT2D eigenvalue weighted by Crippen LogP contribution is 2.41. The Labute approximate surface area is 193 Å². The number of Topliss-reactive ketones (excluding diaryl/α,β-unsaturated/α-hetero) is 1. The van der Waals surface area contributed by atoms with Crippen molar-refractivity contribution in [1.29, 1.82) is 0 Å². The minimum atomic E-state index is -1.06. The lowest BCUT2D eigenvalue weighted by molar-refractivity contribution is -0.140. The monoisotopic (exact) mass is 455 g/mol. The zero-order valence-corrected chi connectivity index (χ0v) is 19.6. The van der Waals surface area contributed by atoms with Crippen molar-refractivity contribution in [2.45, 2.75) is 39.2 Å². The number of halogens is 1. The van der Waals surface area contributed by atoms with Gasteiger partial charge in [-0.05, 0) is 36.6 Å². The summed E-state index contributed by atoms with van der Waals surface area (Å²) in [6, 6.07) is 9.99. The second kappa shape index (κ2) is 9.75. The number of likely N-dealkylation sites (tertiary alicyclic amines) is 1. The maximum absolute atomic E-state index is 14.8. The van der Waals surface area contributed by atoms with Crippen LogP contribution in [0.15, 0.2) is 48.0 Å². The Bertz CT molecular complexity index is 1090. The lowest BCUT2D eigenvalue weighted by Crippen LogP contribution is -2.33. The minimum Gasteiger partial charge on any atom is -0.507 e. The van der Waals surface area contributed by atoms with Crippen LogP contribution < -0.4 is 4.74 Å². The average molecular weight is 456 g/mol. The molecule has 0 radical (unpaired) electrons. The Hall–Kier alpha value is -3.19. The van der Waals surface area contributed by atoms with Crippen molar-refractivity contribution in [2.24, 2.45) is 0 Å².